The first kappa shape index (κ1) is 24.2. The fraction of sp³-hybridized carbons (Fsp3) is 0.259. The third-order valence-electron chi connectivity index (χ3n) is 6.36. The number of benzene rings is 2. The average Bonchev–Trinajstić information content (AvgIpc) is 3.30. The van der Waals surface area contributed by atoms with Gasteiger partial charge >= 0.3 is 0 Å². The number of anilines is 1. The summed E-state index contributed by atoms with van der Waals surface area (Å²) in [6.07, 6.45) is 5.13. The third-order valence-corrected chi connectivity index (χ3v) is 7.47. The van der Waals surface area contributed by atoms with Crippen molar-refractivity contribution in [3.63, 3.8) is 0 Å². The Morgan fingerprint density at radius 1 is 1.08 bits per heavy atom. The number of morpholine rings is 1. The number of aromatic nitrogens is 2. The fourth-order valence-electron chi connectivity index (χ4n) is 4.37. The molecule has 0 spiro atoms. The molecule has 5 rings (SSSR count). The number of hydrogen-bond acceptors (Lipinski definition) is 6. The summed E-state index contributed by atoms with van der Waals surface area (Å²) < 4.78 is 31.7. The molecule has 0 bridgehead atoms. The second kappa shape index (κ2) is 9.85. The van der Waals surface area contributed by atoms with Crippen molar-refractivity contribution < 1.29 is 17.9 Å². The normalized spacial score (nSPS) is 14.7. The standard InChI is InChI=1S/C27H28N4O4S/c1-19-4-3-11-31-18-25(29-26(19)31)20-5-7-22(8-6-20)28-27(32)24-10-9-23(36(2,33)34)16-21(24)17-30-12-14-35-15-13-30/h3-11,16,18H,12-15,17H2,1-2H3,(H,28,32). The van der Waals surface area contributed by atoms with Crippen LogP contribution in [-0.4, -0.2) is 61.2 Å². The minimum absolute atomic E-state index is 0.203. The molecule has 1 aliphatic heterocycles. The molecule has 1 saturated heterocycles. The van der Waals surface area contributed by atoms with E-state index < -0.39 is 9.84 Å². The number of imidazole rings is 1. The van der Waals surface area contributed by atoms with Crippen molar-refractivity contribution >= 4 is 27.1 Å². The highest BCUT2D eigenvalue weighted by Gasteiger charge is 2.19. The van der Waals surface area contributed by atoms with Gasteiger partial charge in [-0.15, -0.1) is 0 Å². The van der Waals surface area contributed by atoms with Crippen LogP contribution in [0, 0.1) is 6.92 Å². The van der Waals surface area contributed by atoms with Crippen molar-refractivity contribution in [3.05, 3.63) is 83.7 Å². The van der Waals surface area contributed by atoms with Gasteiger partial charge in [-0.2, -0.15) is 0 Å². The molecule has 3 heterocycles. The smallest absolute Gasteiger partial charge is 0.255 e. The first-order chi connectivity index (χ1) is 17.3. The maximum Gasteiger partial charge on any atom is 0.255 e. The monoisotopic (exact) mass is 504 g/mol. The van der Waals surface area contributed by atoms with Crippen molar-refractivity contribution in [2.24, 2.45) is 0 Å². The van der Waals surface area contributed by atoms with Crippen LogP contribution in [0.25, 0.3) is 16.9 Å². The summed E-state index contributed by atoms with van der Waals surface area (Å²) in [5, 5.41) is 2.95. The number of hydrogen-bond donors (Lipinski definition) is 1. The van der Waals surface area contributed by atoms with Crippen LogP contribution < -0.4 is 5.32 Å². The van der Waals surface area contributed by atoms with E-state index in [0.717, 1.165) is 35.6 Å². The molecular weight excluding hydrogens is 476 g/mol. The molecule has 8 nitrogen and oxygen atoms in total. The maximum atomic E-state index is 13.2. The number of nitrogens with one attached hydrogen (secondary N) is 1. The van der Waals surface area contributed by atoms with Crippen molar-refractivity contribution in [2.75, 3.05) is 37.9 Å². The van der Waals surface area contributed by atoms with E-state index in [2.05, 4.69) is 10.2 Å². The molecule has 0 aliphatic carbocycles. The predicted molar refractivity (Wildman–Crippen MR) is 139 cm³/mol. The second-order valence-corrected chi connectivity index (χ2v) is 11.1. The SMILES string of the molecule is Cc1cccn2cc(-c3ccc(NC(=O)c4ccc(S(C)(=O)=O)cc4CN4CCOCC4)cc3)nc12. The summed E-state index contributed by atoms with van der Waals surface area (Å²) in [7, 11) is -3.39. The lowest BCUT2D eigenvalue weighted by Gasteiger charge is -2.27. The molecule has 0 radical (unpaired) electrons. The van der Waals surface area contributed by atoms with Crippen LogP contribution in [0.5, 0.6) is 0 Å². The zero-order valence-electron chi connectivity index (χ0n) is 20.3. The van der Waals surface area contributed by atoms with Crippen LogP contribution in [0.2, 0.25) is 0 Å². The van der Waals surface area contributed by atoms with Gasteiger partial charge in [0.2, 0.25) is 0 Å². The summed E-state index contributed by atoms with van der Waals surface area (Å²) in [5.74, 6) is -0.283. The van der Waals surface area contributed by atoms with Crippen LogP contribution >= 0.6 is 0 Å². The van der Waals surface area contributed by atoms with Gasteiger partial charge in [-0.05, 0) is 54.4 Å². The predicted octanol–water partition coefficient (Wildman–Crippen LogP) is 3.80. The summed E-state index contributed by atoms with van der Waals surface area (Å²) in [6.45, 7) is 5.20. The molecule has 4 aromatic rings. The Bertz CT molecular complexity index is 1520. The van der Waals surface area contributed by atoms with Gasteiger partial charge in [0, 0.05) is 55.1 Å². The zero-order chi connectivity index (χ0) is 25.3. The number of ether oxygens (including phenoxy) is 1. The van der Waals surface area contributed by atoms with E-state index >= 15 is 0 Å². The largest absolute Gasteiger partial charge is 0.379 e. The van der Waals surface area contributed by atoms with Crippen LogP contribution in [0.15, 0.2) is 71.9 Å². The van der Waals surface area contributed by atoms with Crippen molar-refractivity contribution in [1.29, 1.82) is 0 Å². The molecule has 1 aliphatic rings. The Morgan fingerprint density at radius 2 is 1.83 bits per heavy atom. The Labute approximate surface area is 210 Å². The number of carbonyl (C=O) groups excluding carboxylic acids is 1. The van der Waals surface area contributed by atoms with Crippen molar-refractivity contribution in [3.8, 4) is 11.3 Å². The van der Waals surface area contributed by atoms with Crippen LogP contribution in [0.1, 0.15) is 21.5 Å². The van der Waals surface area contributed by atoms with Gasteiger partial charge in [-0.25, -0.2) is 13.4 Å². The lowest BCUT2D eigenvalue weighted by Crippen LogP contribution is -2.36. The van der Waals surface area contributed by atoms with E-state index in [9.17, 15) is 13.2 Å². The van der Waals surface area contributed by atoms with Gasteiger partial charge in [0.25, 0.3) is 5.91 Å². The first-order valence-electron chi connectivity index (χ1n) is 11.8. The summed E-state index contributed by atoms with van der Waals surface area (Å²) in [5.41, 5.74) is 5.58. The van der Waals surface area contributed by atoms with Crippen LogP contribution in [-0.2, 0) is 21.1 Å². The molecule has 1 fully saturated rings. The molecule has 0 saturated carbocycles. The number of pyridine rings is 1. The minimum atomic E-state index is -3.39. The lowest BCUT2D eigenvalue weighted by atomic mass is 10.1. The topological polar surface area (TPSA) is 93.0 Å². The number of fused-ring (bicyclic) bond motifs is 1. The number of rotatable bonds is 6. The van der Waals surface area contributed by atoms with Gasteiger partial charge in [-0.1, -0.05) is 18.2 Å². The lowest BCUT2D eigenvalue weighted by molar-refractivity contribution is 0.0340. The van der Waals surface area contributed by atoms with E-state index in [1.807, 2.05) is 60.1 Å². The summed E-state index contributed by atoms with van der Waals surface area (Å²) in [4.78, 5) is 20.3. The quantitative estimate of drug-likeness (QED) is 0.429. The summed E-state index contributed by atoms with van der Waals surface area (Å²) >= 11 is 0. The van der Waals surface area contributed by atoms with Crippen molar-refractivity contribution in [1.82, 2.24) is 14.3 Å². The molecule has 9 heteroatoms. The van der Waals surface area contributed by atoms with E-state index in [4.69, 9.17) is 9.72 Å². The number of nitrogens with zero attached hydrogens (tertiary/aromatic N) is 3. The fourth-order valence-corrected chi connectivity index (χ4v) is 5.04. The van der Waals surface area contributed by atoms with Gasteiger partial charge < -0.3 is 14.5 Å². The van der Waals surface area contributed by atoms with Crippen LogP contribution in [0.3, 0.4) is 0 Å². The first-order valence-corrected chi connectivity index (χ1v) is 13.7. The molecule has 0 atom stereocenters. The van der Waals surface area contributed by atoms with E-state index in [1.54, 1.807) is 12.1 Å². The number of aryl methyl sites for hydroxylation is 1. The molecule has 1 N–H and O–H groups in total. The van der Waals surface area contributed by atoms with Gasteiger partial charge in [0.05, 0.1) is 23.8 Å². The van der Waals surface area contributed by atoms with Crippen molar-refractivity contribution in [2.45, 2.75) is 18.4 Å². The molecule has 0 unspecified atom stereocenters. The molecule has 36 heavy (non-hydrogen) atoms. The zero-order valence-corrected chi connectivity index (χ0v) is 21.1. The molecule has 2 aromatic heterocycles. The molecular formula is C27H28N4O4S. The van der Waals surface area contributed by atoms with Gasteiger partial charge in [0.15, 0.2) is 9.84 Å². The molecule has 186 valence electrons. The highest BCUT2D eigenvalue weighted by molar-refractivity contribution is 7.90. The highest BCUT2D eigenvalue weighted by Crippen LogP contribution is 2.24. The Kier molecular flexibility index (Phi) is 6.61. The Morgan fingerprint density at radius 3 is 2.53 bits per heavy atom. The minimum Gasteiger partial charge on any atom is -0.379 e. The number of sulfone groups is 1. The second-order valence-electron chi connectivity index (χ2n) is 9.06. The van der Waals surface area contributed by atoms with Crippen LogP contribution in [0.4, 0.5) is 5.69 Å². The maximum absolute atomic E-state index is 13.2. The Hall–Kier alpha value is -3.53. The highest BCUT2D eigenvalue weighted by atomic mass is 32.2. The molecule has 2 aromatic carbocycles. The van der Waals surface area contributed by atoms with Gasteiger partial charge in [0.1, 0.15) is 5.65 Å². The average molecular weight is 505 g/mol. The Balaban J connectivity index is 1.37. The van der Waals surface area contributed by atoms with E-state index in [0.29, 0.717) is 36.6 Å². The summed E-state index contributed by atoms with van der Waals surface area (Å²) in [6, 6.07) is 16.2. The van der Waals surface area contributed by atoms with Gasteiger partial charge in [-0.3, -0.25) is 9.69 Å². The number of carbonyl (C=O) groups is 1. The number of amides is 1. The van der Waals surface area contributed by atoms with E-state index in [-0.39, 0.29) is 10.8 Å². The third kappa shape index (κ3) is 5.18. The van der Waals surface area contributed by atoms with E-state index in [1.165, 1.54) is 12.3 Å². The molecule has 1 amide bonds.